The van der Waals surface area contributed by atoms with Crippen molar-refractivity contribution < 1.29 is 4.92 Å². The van der Waals surface area contributed by atoms with Crippen molar-refractivity contribution in [3.05, 3.63) is 45.3 Å². The third kappa shape index (κ3) is 1.93. The van der Waals surface area contributed by atoms with Crippen molar-refractivity contribution in [3.8, 4) is 21.3 Å². The Labute approximate surface area is 110 Å². The van der Waals surface area contributed by atoms with E-state index in [0.717, 1.165) is 15.6 Å². The van der Waals surface area contributed by atoms with Gasteiger partial charge in [0.25, 0.3) is 5.69 Å². The molecule has 0 saturated carbocycles. The van der Waals surface area contributed by atoms with Crippen molar-refractivity contribution in [1.29, 1.82) is 0 Å². The first-order valence-corrected chi connectivity index (χ1v) is 6.82. The number of H-pyrrole nitrogens is 1. The molecule has 3 aromatic rings. The summed E-state index contributed by atoms with van der Waals surface area (Å²) in [7, 11) is 0. The molecule has 0 aromatic carbocycles. The molecule has 18 heavy (non-hydrogen) atoms. The highest BCUT2D eigenvalue weighted by Gasteiger charge is 2.13. The molecule has 0 atom stereocenters. The van der Waals surface area contributed by atoms with Crippen LogP contribution in [0.2, 0.25) is 0 Å². The van der Waals surface area contributed by atoms with E-state index in [1.807, 2.05) is 22.9 Å². The van der Waals surface area contributed by atoms with Crippen LogP contribution in [0.1, 0.15) is 0 Å². The highest BCUT2D eigenvalue weighted by molar-refractivity contribution is 7.20. The lowest BCUT2D eigenvalue weighted by molar-refractivity contribution is -0.384. The normalized spacial score (nSPS) is 10.7. The zero-order chi connectivity index (χ0) is 12.5. The summed E-state index contributed by atoms with van der Waals surface area (Å²) >= 11 is 3.15. The molecule has 0 aliphatic rings. The molecule has 0 spiro atoms. The summed E-state index contributed by atoms with van der Waals surface area (Å²) in [5, 5.41) is 15.4. The Morgan fingerprint density at radius 2 is 2.28 bits per heavy atom. The first-order chi connectivity index (χ1) is 8.74. The Morgan fingerprint density at radius 3 is 2.94 bits per heavy atom. The molecule has 3 rings (SSSR count). The van der Waals surface area contributed by atoms with Gasteiger partial charge in [-0.3, -0.25) is 10.1 Å². The number of aromatic amines is 1. The lowest BCUT2D eigenvalue weighted by atomic mass is 10.3. The lowest BCUT2D eigenvalue weighted by Crippen LogP contribution is -1.82. The van der Waals surface area contributed by atoms with Gasteiger partial charge in [-0.05, 0) is 11.4 Å². The summed E-state index contributed by atoms with van der Waals surface area (Å²) in [5.74, 6) is 0. The van der Waals surface area contributed by atoms with E-state index >= 15 is 0 Å². The maximum atomic E-state index is 10.6. The van der Waals surface area contributed by atoms with Crippen molar-refractivity contribution in [2.45, 2.75) is 0 Å². The number of thiazole rings is 1. The minimum absolute atomic E-state index is 0.0515. The number of aromatic nitrogens is 2. The van der Waals surface area contributed by atoms with Gasteiger partial charge in [-0.2, -0.15) is 0 Å². The van der Waals surface area contributed by atoms with Crippen LogP contribution in [0, 0.1) is 10.1 Å². The quantitative estimate of drug-likeness (QED) is 0.585. The van der Waals surface area contributed by atoms with Crippen molar-refractivity contribution in [1.82, 2.24) is 9.97 Å². The van der Waals surface area contributed by atoms with Crippen molar-refractivity contribution in [3.63, 3.8) is 0 Å². The van der Waals surface area contributed by atoms with Crippen LogP contribution >= 0.6 is 22.7 Å². The molecule has 1 N–H and O–H groups in total. The van der Waals surface area contributed by atoms with Crippen LogP contribution in [0.3, 0.4) is 0 Å². The zero-order valence-corrected chi connectivity index (χ0v) is 10.6. The second kappa shape index (κ2) is 4.35. The second-order valence-corrected chi connectivity index (χ2v) is 5.35. The summed E-state index contributed by atoms with van der Waals surface area (Å²) in [6, 6.07) is 5.47. The topological polar surface area (TPSA) is 71.8 Å². The molecular weight excluding hydrogens is 270 g/mol. The summed E-state index contributed by atoms with van der Waals surface area (Å²) in [5.41, 5.74) is 1.45. The van der Waals surface area contributed by atoms with Gasteiger partial charge >= 0.3 is 0 Å². The summed E-state index contributed by atoms with van der Waals surface area (Å²) < 4.78 is 0. The molecule has 7 heteroatoms. The highest BCUT2D eigenvalue weighted by Crippen LogP contribution is 2.31. The number of hydrogen-bond donors (Lipinski definition) is 1. The summed E-state index contributed by atoms with van der Waals surface area (Å²) in [6.45, 7) is 0. The smallest absolute Gasteiger partial charge is 0.287 e. The van der Waals surface area contributed by atoms with E-state index < -0.39 is 4.92 Å². The fourth-order valence-corrected chi connectivity index (χ4v) is 3.18. The van der Waals surface area contributed by atoms with Crippen molar-refractivity contribution in [2.24, 2.45) is 0 Å². The molecule has 0 bridgehead atoms. The number of nitro groups is 1. The number of thiophene rings is 1. The Balaban J connectivity index is 1.95. The van der Waals surface area contributed by atoms with Crippen LogP contribution in [0.25, 0.3) is 21.3 Å². The largest absolute Gasteiger partial charge is 0.354 e. The zero-order valence-electron chi connectivity index (χ0n) is 8.99. The predicted octanol–water partition coefficient (Wildman–Crippen LogP) is 3.77. The minimum Gasteiger partial charge on any atom is -0.354 e. The molecule has 0 aliphatic heterocycles. The van der Waals surface area contributed by atoms with Gasteiger partial charge in [-0.1, -0.05) is 6.07 Å². The Morgan fingerprint density at radius 1 is 1.39 bits per heavy atom. The van der Waals surface area contributed by atoms with Gasteiger partial charge in [-0.15, -0.1) is 22.7 Å². The van der Waals surface area contributed by atoms with E-state index in [-0.39, 0.29) is 5.69 Å². The van der Waals surface area contributed by atoms with Crippen molar-refractivity contribution in [2.75, 3.05) is 0 Å². The van der Waals surface area contributed by atoms with E-state index in [0.29, 0.717) is 5.69 Å². The van der Waals surface area contributed by atoms with Gasteiger partial charge in [0, 0.05) is 11.4 Å². The van der Waals surface area contributed by atoms with Gasteiger partial charge in [0.05, 0.1) is 27.4 Å². The minimum atomic E-state index is -0.424. The van der Waals surface area contributed by atoms with E-state index in [4.69, 9.17) is 0 Å². The standard InChI is InChI=1S/C11H7N3O2S2/c15-14(16)7-4-8(12-5-7)9-6-18-11(13-9)10-2-1-3-17-10/h1-6,12H. The van der Waals surface area contributed by atoms with E-state index in [9.17, 15) is 10.1 Å². The first kappa shape index (κ1) is 11.1. The van der Waals surface area contributed by atoms with Crippen LogP contribution in [0.5, 0.6) is 0 Å². The Kier molecular flexibility index (Phi) is 2.69. The second-order valence-electron chi connectivity index (χ2n) is 3.54. The third-order valence-electron chi connectivity index (χ3n) is 2.39. The number of nitrogens with zero attached hydrogens (tertiary/aromatic N) is 2. The number of hydrogen-bond acceptors (Lipinski definition) is 5. The molecule has 0 aliphatic carbocycles. The lowest BCUT2D eigenvalue weighted by Gasteiger charge is -1.89. The van der Waals surface area contributed by atoms with Gasteiger partial charge in [0.1, 0.15) is 5.01 Å². The molecule has 0 unspecified atom stereocenters. The van der Waals surface area contributed by atoms with Gasteiger partial charge in [-0.25, -0.2) is 4.98 Å². The van der Waals surface area contributed by atoms with Crippen molar-refractivity contribution >= 4 is 28.4 Å². The molecule has 3 aromatic heterocycles. The number of nitrogens with one attached hydrogen (secondary N) is 1. The molecule has 0 radical (unpaired) electrons. The first-order valence-electron chi connectivity index (χ1n) is 5.06. The summed E-state index contributed by atoms with van der Waals surface area (Å²) in [6.07, 6.45) is 1.37. The van der Waals surface area contributed by atoms with Crippen LogP contribution in [-0.4, -0.2) is 14.9 Å². The molecule has 90 valence electrons. The third-order valence-corrected chi connectivity index (χ3v) is 4.27. The van der Waals surface area contributed by atoms with Crippen LogP contribution < -0.4 is 0 Å². The Bertz CT molecular complexity index is 685. The maximum Gasteiger partial charge on any atom is 0.287 e. The molecule has 0 saturated heterocycles. The van der Waals surface area contributed by atoms with Gasteiger partial charge in [0.15, 0.2) is 0 Å². The predicted molar refractivity (Wildman–Crippen MR) is 71.9 cm³/mol. The maximum absolute atomic E-state index is 10.6. The van der Waals surface area contributed by atoms with Gasteiger partial charge in [0.2, 0.25) is 0 Å². The average Bonchev–Trinajstić information content (AvgIpc) is 3.10. The molecule has 0 amide bonds. The molecular formula is C11H7N3O2S2. The van der Waals surface area contributed by atoms with E-state index in [1.165, 1.54) is 23.6 Å². The van der Waals surface area contributed by atoms with Crippen LogP contribution in [-0.2, 0) is 0 Å². The fourth-order valence-electron chi connectivity index (χ4n) is 1.55. The number of rotatable bonds is 3. The molecule has 3 heterocycles. The van der Waals surface area contributed by atoms with Crippen LogP contribution in [0.15, 0.2) is 35.2 Å². The molecule has 5 nitrogen and oxygen atoms in total. The SMILES string of the molecule is O=[N+]([O-])c1c[nH]c(-c2csc(-c3cccs3)n2)c1. The Hall–Kier alpha value is -1.99. The molecule has 0 fully saturated rings. The fraction of sp³-hybridized carbons (Fsp3) is 0. The highest BCUT2D eigenvalue weighted by atomic mass is 32.1. The van der Waals surface area contributed by atoms with Gasteiger partial charge < -0.3 is 4.98 Å². The average molecular weight is 277 g/mol. The summed E-state index contributed by atoms with van der Waals surface area (Å²) in [4.78, 5) is 18.6. The van der Waals surface area contributed by atoms with Crippen LogP contribution in [0.4, 0.5) is 5.69 Å². The van der Waals surface area contributed by atoms with E-state index in [2.05, 4.69) is 9.97 Å². The monoisotopic (exact) mass is 277 g/mol. The van der Waals surface area contributed by atoms with E-state index in [1.54, 1.807) is 11.3 Å².